The molecule has 0 radical (unpaired) electrons. The fraction of sp³-hybridized carbons (Fsp3) is 0.750. The van der Waals surface area contributed by atoms with Crippen molar-refractivity contribution in [1.29, 1.82) is 0 Å². The summed E-state index contributed by atoms with van der Waals surface area (Å²) >= 11 is 0. The number of alkyl halides is 1. The van der Waals surface area contributed by atoms with Crippen LogP contribution < -0.4 is 0 Å². The van der Waals surface area contributed by atoms with E-state index in [-0.39, 0.29) is 5.92 Å². The SMILES string of the molecule is CC(C)C#CC(C)(C)F.CC(C)C#CC1CC1. The van der Waals surface area contributed by atoms with Crippen LogP contribution in [0.25, 0.3) is 0 Å². The van der Waals surface area contributed by atoms with Gasteiger partial charge in [0.2, 0.25) is 0 Å². The first-order chi connectivity index (χ1) is 7.70. The first kappa shape index (κ1) is 16.1. The first-order valence-electron chi connectivity index (χ1n) is 6.43. The molecule has 0 saturated heterocycles. The molecule has 1 saturated carbocycles. The Morgan fingerprint density at radius 2 is 1.47 bits per heavy atom. The quantitative estimate of drug-likeness (QED) is 0.545. The lowest BCUT2D eigenvalue weighted by Crippen LogP contribution is -2.07. The van der Waals surface area contributed by atoms with Crippen LogP contribution in [0.5, 0.6) is 0 Å². The molecule has 0 aliphatic heterocycles. The largest absolute Gasteiger partial charge is 0.230 e. The summed E-state index contributed by atoms with van der Waals surface area (Å²) < 4.78 is 12.6. The molecular formula is C16H25F. The zero-order valence-corrected chi connectivity index (χ0v) is 12.0. The standard InChI is InChI=1S/C8H13F.C8H12/c1-7(2)5-6-8(3,4)9;1-7(2)3-4-8-5-6-8/h7H,1-4H3;7-8H,5-6H2,1-2H3. The van der Waals surface area contributed by atoms with Gasteiger partial charge < -0.3 is 0 Å². The summed E-state index contributed by atoms with van der Waals surface area (Å²) in [5.41, 5.74) is -1.33. The van der Waals surface area contributed by atoms with Crippen molar-refractivity contribution in [2.24, 2.45) is 17.8 Å². The summed E-state index contributed by atoms with van der Waals surface area (Å²) in [6, 6.07) is 0. The highest BCUT2D eigenvalue weighted by molar-refractivity contribution is 5.11. The van der Waals surface area contributed by atoms with Gasteiger partial charge >= 0.3 is 0 Å². The summed E-state index contributed by atoms with van der Waals surface area (Å²) in [5.74, 6) is 13.2. The van der Waals surface area contributed by atoms with Crippen LogP contribution in [-0.4, -0.2) is 5.67 Å². The molecule has 17 heavy (non-hydrogen) atoms. The van der Waals surface area contributed by atoms with E-state index in [0.29, 0.717) is 5.92 Å². The minimum Gasteiger partial charge on any atom is -0.230 e. The predicted octanol–water partition coefficient (Wildman–Crippen LogP) is 4.45. The van der Waals surface area contributed by atoms with Gasteiger partial charge in [-0.05, 0) is 26.7 Å². The lowest BCUT2D eigenvalue weighted by atomic mass is 10.1. The van der Waals surface area contributed by atoms with Crippen LogP contribution >= 0.6 is 0 Å². The highest BCUT2D eigenvalue weighted by Gasteiger charge is 2.17. The van der Waals surface area contributed by atoms with Gasteiger partial charge in [0, 0.05) is 17.8 Å². The Labute approximate surface area is 106 Å². The predicted molar refractivity (Wildman–Crippen MR) is 73.1 cm³/mol. The van der Waals surface area contributed by atoms with E-state index in [1.807, 2.05) is 13.8 Å². The molecule has 0 unspecified atom stereocenters. The lowest BCUT2D eigenvalue weighted by Gasteiger charge is -2.02. The van der Waals surface area contributed by atoms with Gasteiger partial charge in [-0.2, -0.15) is 0 Å². The van der Waals surface area contributed by atoms with E-state index in [1.54, 1.807) is 0 Å². The molecule has 0 heterocycles. The molecule has 0 N–H and O–H groups in total. The molecular weight excluding hydrogens is 211 g/mol. The maximum atomic E-state index is 12.6. The summed E-state index contributed by atoms with van der Waals surface area (Å²) in [5, 5.41) is 0. The zero-order valence-electron chi connectivity index (χ0n) is 12.0. The van der Waals surface area contributed by atoms with E-state index in [0.717, 1.165) is 5.92 Å². The Kier molecular flexibility index (Phi) is 6.98. The first-order valence-corrected chi connectivity index (χ1v) is 6.43. The summed E-state index contributed by atoms with van der Waals surface area (Å²) in [4.78, 5) is 0. The minimum absolute atomic E-state index is 0.264. The van der Waals surface area contributed by atoms with Gasteiger partial charge in [0.25, 0.3) is 0 Å². The third-order valence-electron chi connectivity index (χ3n) is 1.81. The number of hydrogen-bond donors (Lipinski definition) is 0. The third kappa shape index (κ3) is 15.1. The highest BCUT2D eigenvalue weighted by Crippen LogP contribution is 2.27. The molecule has 0 bridgehead atoms. The fourth-order valence-corrected chi connectivity index (χ4v) is 0.828. The molecule has 0 aromatic carbocycles. The monoisotopic (exact) mass is 236 g/mol. The van der Waals surface area contributed by atoms with Crippen LogP contribution in [0.2, 0.25) is 0 Å². The van der Waals surface area contributed by atoms with E-state index >= 15 is 0 Å². The zero-order chi connectivity index (χ0) is 13.5. The Morgan fingerprint density at radius 1 is 1.00 bits per heavy atom. The van der Waals surface area contributed by atoms with Crippen LogP contribution in [0.1, 0.15) is 54.4 Å². The van der Waals surface area contributed by atoms with Crippen molar-refractivity contribution < 1.29 is 4.39 Å². The Hall–Kier alpha value is -0.950. The molecule has 0 atom stereocenters. The lowest BCUT2D eigenvalue weighted by molar-refractivity contribution is 0.300. The summed E-state index contributed by atoms with van der Waals surface area (Å²) in [7, 11) is 0. The van der Waals surface area contributed by atoms with Gasteiger partial charge in [-0.3, -0.25) is 0 Å². The van der Waals surface area contributed by atoms with Crippen molar-refractivity contribution >= 4 is 0 Å². The maximum absolute atomic E-state index is 12.6. The molecule has 1 fully saturated rings. The molecule has 1 aliphatic rings. The number of hydrogen-bond acceptors (Lipinski definition) is 0. The molecule has 1 rings (SSSR count). The van der Waals surface area contributed by atoms with E-state index in [2.05, 4.69) is 37.5 Å². The van der Waals surface area contributed by atoms with Crippen molar-refractivity contribution in [2.75, 3.05) is 0 Å². The highest BCUT2D eigenvalue weighted by atomic mass is 19.1. The molecule has 96 valence electrons. The van der Waals surface area contributed by atoms with Gasteiger partial charge in [0.15, 0.2) is 5.67 Å². The smallest absolute Gasteiger partial charge is 0.165 e. The van der Waals surface area contributed by atoms with E-state index in [9.17, 15) is 4.39 Å². The molecule has 0 spiro atoms. The third-order valence-corrected chi connectivity index (χ3v) is 1.81. The van der Waals surface area contributed by atoms with E-state index in [4.69, 9.17) is 0 Å². The average Bonchev–Trinajstić information content (AvgIpc) is 2.95. The molecule has 0 aromatic rings. The van der Waals surface area contributed by atoms with Crippen molar-refractivity contribution in [2.45, 2.75) is 60.1 Å². The second-order valence-electron chi connectivity index (χ2n) is 5.61. The van der Waals surface area contributed by atoms with Gasteiger partial charge in [-0.25, -0.2) is 4.39 Å². The van der Waals surface area contributed by atoms with Gasteiger partial charge in [-0.1, -0.05) is 45.5 Å². The topological polar surface area (TPSA) is 0 Å². The van der Waals surface area contributed by atoms with Gasteiger partial charge in [0.05, 0.1) is 0 Å². The minimum atomic E-state index is -1.33. The van der Waals surface area contributed by atoms with Crippen LogP contribution in [0.15, 0.2) is 0 Å². The molecule has 0 amide bonds. The average molecular weight is 236 g/mol. The van der Waals surface area contributed by atoms with Crippen molar-refractivity contribution in [3.8, 4) is 23.7 Å². The Balaban J connectivity index is 0.000000302. The van der Waals surface area contributed by atoms with Crippen molar-refractivity contribution in [3.05, 3.63) is 0 Å². The van der Waals surface area contributed by atoms with Crippen LogP contribution in [-0.2, 0) is 0 Å². The second-order valence-corrected chi connectivity index (χ2v) is 5.61. The summed E-state index contributed by atoms with van der Waals surface area (Å²) in [6.07, 6.45) is 2.69. The summed E-state index contributed by atoms with van der Waals surface area (Å²) in [6.45, 7) is 11.1. The second kappa shape index (κ2) is 7.39. The Morgan fingerprint density at radius 3 is 1.71 bits per heavy atom. The van der Waals surface area contributed by atoms with E-state index in [1.165, 1.54) is 26.7 Å². The fourth-order valence-electron chi connectivity index (χ4n) is 0.828. The van der Waals surface area contributed by atoms with Crippen LogP contribution in [0.3, 0.4) is 0 Å². The molecule has 1 heteroatoms. The van der Waals surface area contributed by atoms with E-state index < -0.39 is 5.67 Å². The molecule has 0 aromatic heterocycles. The van der Waals surface area contributed by atoms with Gasteiger partial charge in [-0.15, -0.1) is 5.92 Å². The number of halogens is 1. The molecule has 0 nitrogen and oxygen atoms in total. The molecule has 1 aliphatic carbocycles. The van der Waals surface area contributed by atoms with Gasteiger partial charge in [0.1, 0.15) is 0 Å². The van der Waals surface area contributed by atoms with Crippen molar-refractivity contribution in [1.82, 2.24) is 0 Å². The normalized spacial score (nSPS) is 14.2. The van der Waals surface area contributed by atoms with Crippen LogP contribution in [0.4, 0.5) is 4.39 Å². The van der Waals surface area contributed by atoms with Crippen molar-refractivity contribution in [3.63, 3.8) is 0 Å². The maximum Gasteiger partial charge on any atom is 0.165 e. The Bertz CT molecular complexity index is 312. The number of rotatable bonds is 0. The van der Waals surface area contributed by atoms with Crippen LogP contribution in [0, 0.1) is 41.4 Å².